The number of fused-ring (bicyclic) bond motifs is 1. The molecule has 0 spiro atoms. The summed E-state index contributed by atoms with van der Waals surface area (Å²) in [5.41, 5.74) is 0.875. The van der Waals surface area contributed by atoms with Crippen molar-refractivity contribution >= 4 is 26.3 Å². The van der Waals surface area contributed by atoms with E-state index in [1.807, 2.05) is 0 Å². The van der Waals surface area contributed by atoms with Crippen LogP contribution < -0.4 is 0 Å². The summed E-state index contributed by atoms with van der Waals surface area (Å²) in [5.74, 6) is -0.317. The molecule has 0 unspecified atom stereocenters. The van der Waals surface area contributed by atoms with Gasteiger partial charge in [0.05, 0.1) is 6.61 Å². The first-order valence-corrected chi connectivity index (χ1v) is 12.9. The fourth-order valence-corrected chi connectivity index (χ4v) is 10.5. The Morgan fingerprint density at radius 2 is 1.69 bits per heavy atom. The fourth-order valence-electron chi connectivity index (χ4n) is 4.47. The standard InChI is InChI=1S/C22H34O5SSi/c1-14-9-11-16(12-10-14)28-20-19(25-15(2)23)18-17(26-20)13-24-29(27-18,21(3,4)5)22(6,7)8/h9-12,17-20H,13H2,1-8H3/t17-,18-,19+,20-/m1/s1. The molecule has 2 heterocycles. The van der Waals surface area contributed by atoms with Crippen molar-refractivity contribution in [1.29, 1.82) is 0 Å². The molecule has 1 aromatic carbocycles. The summed E-state index contributed by atoms with van der Waals surface area (Å²) in [6.45, 7) is 17.1. The quantitative estimate of drug-likeness (QED) is 0.477. The van der Waals surface area contributed by atoms with Gasteiger partial charge in [-0.15, -0.1) is 0 Å². The number of esters is 1. The van der Waals surface area contributed by atoms with Crippen molar-refractivity contribution in [3.05, 3.63) is 29.8 Å². The van der Waals surface area contributed by atoms with Gasteiger partial charge in [0.15, 0.2) is 6.10 Å². The normalized spacial score (nSPS) is 29.4. The van der Waals surface area contributed by atoms with E-state index in [-0.39, 0.29) is 33.7 Å². The Hall–Kier alpha value is -0.863. The molecule has 29 heavy (non-hydrogen) atoms. The lowest BCUT2D eigenvalue weighted by Crippen LogP contribution is -2.65. The van der Waals surface area contributed by atoms with Crippen molar-refractivity contribution in [2.24, 2.45) is 0 Å². The Morgan fingerprint density at radius 1 is 1.10 bits per heavy atom. The van der Waals surface area contributed by atoms with Crippen molar-refractivity contribution < 1.29 is 23.1 Å². The van der Waals surface area contributed by atoms with Crippen LogP contribution in [0.15, 0.2) is 29.2 Å². The number of carbonyl (C=O) groups is 1. The summed E-state index contributed by atoms with van der Waals surface area (Å²) in [6, 6.07) is 8.28. The van der Waals surface area contributed by atoms with E-state index in [0.29, 0.717) is 6.61 Å². The van der Waals surface area contributed by atoms with Crippen LogP contribution in [-0.2, 0) is 23.1 Å². The van der Waals surface area contributed by atoms with Crippen molar-refractivity contribution in [3.63, 3.8) is 0 Å². The van der Waals surface area contributed by atoms with Crippen molar-refractivity contribution in [3.8, 4) is 0 Å². The fraction of sp³-hybridized carbons (Fsp3) is 0.682. The lowest BCUT2D eigenvalue weighted by atomic mass is 10.1. The Balaban J connectivity index is 1.90. The highest BCUT2D eigenvalue weighted by atomic mass is 32.2. The number of rotatable bonds is 3. The van der Waals surface area contributed by atoms with E-state index in [0.717, 1.165) is 4.90 Å². The maximum absolute atomic E-state index is 11.9. The predicted octanol–water partition coefficient (Wildman–Crippen LogP) is 5.20. The van der Waals surface area contributed by atoms with Gasteiger partial charge in [0, 0.05) is 21.9 Å². The summed E-state index contributed by atoms with van der Waals surface area (Å²) in [7, 11) is -2.67. The van der Waals surface area contributed by atoms with Gasteiger partial charge in [-0.2, -0.15) is 0 Å². The van der Waals surface area contributed by atoms with Crippen molar-refractivity contribution in [2.75, 3.05) is 6.61 Å². The molecule has 2 saturated heterocycles. The molecule has 2 fully saturated rings. The molecule has 0 radical (unpaired) electrons. The van der Waals surface area contributed by atoms with E-state index in [2.05, 4.69) is 72.7 Å². The van der Waals surface area contributed by atoms with Gasteiger partial charge in [0.1, 0.15) is 17.6 Å². The van der Waals surface area contributed by atoms with Crippen LogP contribution in [0.4, 0.5) is 0 Å². The number of thioether (sulfide) groups is 1. The smallest absolute Gasteiger partial charge is 0.349 e. The second-order valence-corrected chi connectivity index (χ2v) is 16.0. The third kappa shape index (κ3) is 4.44. The van der Waals surface area contributed by atoms with Crippen molar-refractivity contribution in [1.82, 2.24) is 0 Å². The Kier molecular flexibility index (Phi) is 6.29. The Labute approximate surface area is 180 Å². The summed E-state index contributed by atoms with van der Waals surface area (Å²) in [5, 5.41) is -0.279. The molecule has 2 aliphatic rings. The second kappa shape index (κ2) is 8.00. The molecule has 3 rings (SSSR count). The molecule has 0 aliphatic carbocycles. The van der Waals surface area contributed by atoms with Crippen LogP contribution >= 0.6 is 11.8 Å². The van der Waals surface area contributed by atoms with Crippen LogP contribution in [0.2, 0.25) is 10.1 Å². The zero-order valence-corrected chi connectivity index (χ0v) is 20.6. The molecule has 1 aromatic rings. The molecule has 0 bridgehead atoms. The number of aryl methyl sites for hydroxylation is 1. The van der Waals surface area contributed by atoms with E-state index in [1.54, 1.807) is 11.8 Å². The molecular formula is C22H34O5SSi. The van der Waals surface area contributed by atoms with Crippen molar-refractivity contribution in [2.45, 2.75) is 94.1 Å². The van der Waals surface area contributed by atoms with Crippen LogP contribution in [0.25, 0.3) is 0 Å². The molecule has 0 saturated carbocycles. The first kappa shape index (κ1) is 22.8. The zero-order chi connectivity index (χ0) is 21.6. The Morgan fingerprint density at radius 3 is 2.21 bits per heavy atom. The van der Waals surface area contributed by atoms with E-state index < -0.39 is 14.7 Å². The van der Waals surface area contributed by atoms with Crippen LogP contribution in [0.1, 0.15) is 54.0 Å². The minimum absolute atomic E-state index is 0.140. The SMILES string of the molecule is CC(=O)O[C@H]1[C@@H]2O[Si](C(C)(C)C)(C(C)(C)C)OC[C@H]2O[C@@H]1Sc1ccc(C)cc1. The monoisotopic (exact) mass is 438 g/mol. The van der Waals surface area contributed by atoms with Gasteiger partial charge >= 0.3 is 14.5 Å². The number of carbonyl (C=O) groups excluding carboxylic acids is 1. The van der Waals surface area contributed by atoms with Gasteiger partial charge in [-0.3, -0.25) is 4.79 Å². The highest BCUT2D eigenvalue weighted by Gasteiger charge is 2.65. The van der Waals surface area contributed by atoms with Gasteiger partial charge in [-0.25, -0.2) is 0 Å². The molecule has 0 amide bonds. The van der Waals surface area contributed by atoms with E-state index in [4.69, 9.17) is 18.3 Å². The summed E-state index contributed by atoms with van der Waals surface area (Å²) >= 11 is 1.57. The van der Waals surface area contributed by atoms with E-state index >= 15 is 0 Å². The maximum Gasteiger partial charge on any atom is 0.349 e. The minimum atomic E-state index is -2.67. The molecule has 0 aromatic heterocycles. The van der Waals surface area contributed by atoms with Crippen LogP contribution in [0.3, 0.4) is 0 Å². The minimum Gasteiger partial charge on any atom is -0.456 e. The number of hydrogen-bond acceptors (Lipinski definition) is 6. The lowest BCUT2D eigenvalue weighted by molar-refractivity contribution is -0.152. The van der Waals surface area contributed by atoms with Crippen LogP contribution in [-0.4, -0.2) is 44.9 Å². The molecule has 162 valence electrons. The van der Waals surface area contributed by atoms with Crippen LogP contribution in [0, 0.1) is 6.92 Å². The van der Waals surface area contributed by atoms with E-state index in [9.17, 15) is 4.79 Å². The molecule has 0 N–H and O–H groups in total. The lowest BCUT2D eigenvalue weighted by Gasteiger charge is -2.53. The highest BCUT2D eigenvalue weighted by molar-refractivity contribution is 7.99. The average Bonchev–Trinajstić information content (AvgIpc) is 2.91. The van der Waals surface area contributed by atoms with Gasteiger partial charge in [0.2, 0.25) is 0 Å². The first-order valence-electron chi connectivity index (χ1n) is 10.2. The summed E-state index contributed by atoms with van der Waals surface area (Å²) < 4.78 is 25.4. The molecular weight excluding hydrogens is 404 g/mol. The van der Waals surface area contributed by atoms with Crippen LogP contribution in [0.5, 0.6) is 0 Å². The molecule has 4 atom stereocenters. The highest BCUT2D eigenvalue weighted by Crippen LogP contribution is 2.56. The summed E-state index contributed by atoms with van der Waals surface area (Å²) in [6.07, 6.45) is -1.03. The number of hydrogen-bond donors (Lipinski definition) is 0. The van der Waals surface area contributed by atoms with Gasteiger partial charge in [-0.05, 0) is 19.1 Å². The first-order chi connectivity index (χ1) is 13.3. The largest absolute Gasteiger partial charge is 0.456 e. The topological polar surface area (TPSA) is 54.0 Å². The molecule has 5 nitrogen and oxygen atoms in total. The van der Waals surface area contributed by atoms with E-state index in [1.165, 1.54) is 12.5 Å². The zero-order valence-electron chi connectivity index (χ0n) is 18.8. The maximum atomic E-state index is 11.9. The Bertz CT molecular complexity index is 723. The van der Waals surface area contributed by atoms with Gasteiger partial charge in [-0.1, -0.05) is 71.0 Å². The summed E-state index contributed by atoms with van der Waals surface area (Å²) in [4.78, 5) is 13.0. The number of ether oxygens (including phenoxy) is 2. The third-order valence-electron chi connectivity index (χ3n) is 5.57. The van der Waals surface area contributed by atoms with Gasteiger partial charge in [0.25, 0.3) is 0 Å². The molecule has 7 heteroatoms. The molecule has 2 aliphatic heterocycles. The third-order valence-corrected chi connectivity index (χ3v) is 11.9. The number of benzene rings is 1. The predicted molar refractivity (Wildman–Crippen MR) is 117 cm³/mol. The van der Waals surface area contributed by atoms with Gasteiger partial charge < -0.3 is 18.3 Å². The average molecular weight is 439 g/mol. The second-order valence-electron chi connectivity index (χ2n) is 10.1.